The van der Waals surface area contributed by atoms with Crippen LogP contribution in [0.25, 0.3) is 0 Å². The first-order chi connectivity index (χ1) is 7.16. The highest BCUT2D eigenvalue weighted by Gasteiger charge is 2.22. The smallest absolute Gasteiger partial charge is 0.303 e. The number of hydrogen-bond acceptors (Lipinski definition) is 2. The van der Waals surface area contributed by atoms with Crippen LogP contribution in [0.5, 0.6) is 0 Å². The van der Waals surface area contributed by atoms with Crippen molar-refractivity contribution in [2.24, 2.45) is 0 Å². The van der Waals surface area contributed by atoms with Gasteiger partial charge in [0.1, 0.15) is 0 Å². The number of carbonyl (C=O) groups is 1. The normalized spacial score (nSPS) is 18.3. The molecular weight excluding hydrogens is 258 g/mol. The zero-order chi connectivity index (χ0) is 10.8. The number of benzene rings is 1. The first-order valence-corrected chi connectivity index (χ1v) is 5.71. The number of aliphatic carboxylic acids is 1. The van der Waals surface area contributed by atoms with Gasteiger partial charge in [0.05, 0.1) is 0 Å². The van der Waals surface area contributed by atoms with Crippen molar-refractivity contribution in [3.63, 3.8) is 0 Å². The molecule has 1 atom stereocenters. The Hall–Kier alpha value is -1.03. The van der Waals surface area contributed by atoms with Crippen molar-refractivity contribution in [1.29, 1.82) is 0 Å². The molecule has 2 N–H and O–H groups in total. The first-order valence-electron chi connectivity index (χ1n) is 4.92. The molecule has 0 fully saturated rings. The van der Waals surface area contributed by atoms with Crippen LogP contribution in [-0.2, 0) is 4.79 Å². The van der Waals surface area contributed by atoms with Crippen LogP contribution in [0.3, 0.4) is 0 Å². The fourth-order valence-electron chi connectivity index (χ4n) is 1.93. The van der Waals surface area contributed by atoms with Gasteiger partial charge in [0.15, 0.2) is 0 Å². The van der Waals surface area contributed by atoms with Gasteiger partial charge in [-0.3, -0.25) is 4.79 Å². The van der Waals surface area contributed by atoms with Crippen LogP contribution in [-0.4, -0.2) is 17.6 Å². The maximum absolute atomic E-state index is 10.5. The van der Waals surface area contributed by atoms with Crippen molar-refractivity contribution >= 4 is 27.6 Å². The van der Waals surface area contributed by atoms with Crippen LogP contribution in [0.15, 0.2) is 22.7 Å². The van der Waals surface area contributed by atoms with Gasteiger partial charge in [-0.25, -0.2) is 0 Å². The molecule has 0 aromatic heterocycles. The maximum atomic E-state index is 10.5. The Morgan fingerprint density at radius 3 is 3.13 bits per heavy atom. The molecule has 1 unspecified atom stereocenters. The summed E-state index contributed by atoms with van der Waals surface area (Å²) in [5.74, 6) is -0.396. The monoisotopic (exact) mass is 269 g/mol. The number of nitrogens with one attached hydrogen (secondary N) is 1. The largest absolute Gasteiger partial charge is 0.481 e. The van der Waals surface area contributed by atoms with E-state index in [2.05, 4.69) is 27.3 Å². The van der Waals surface area contributed by atoms with E-state index < -0.39 is 5.97 Å². The maximum Gasteiger partial charge on any atom is 0.303 e. The Bertz CT molecular complexity index is 392. The zero-order valence-electron chi connectivity index (χ0n) is 8.16. The van der Waals surface area contributed by atoms with Gasteiger partial charge in [0.25, 0.3) is 0 Å². The molecule has 15 heavy (non-hydrogen) atoms. The number of carboxylic acids is 1. The summed E-state index contributed by atoms with van der Waals surface area (Å²) in [5, 5.41) is 11.9. The van der Waals surface area contributed by atoms with Gasteiger partial charge >= 0.3 is 5.97 Å². The number of fused-ring (bicyclic) bond motifs is 1. The fourth-order valence-corrected chi connectivity index (χ4v) is 2.31. The van der Waals surface area contributed by atoms with E-state index in [1.807, 2.05) is 12.1 Å². The van der Waals surface area contributed by atoms with Crippen molar-refractivity contribution in [3.8, 4) is 0 Å². The Morgan fingerprint density at radius 1 is 1.60 bits per heavy atom. The lowest BCUT2D eigenvalue weighted by molar-refractivity contribution is -0.137. The highest BCUT2D eigenvalue weighted by atomic mass is 79.9. The summed E-state index contributed by atoms with van der Waals surface area (Å²) in [6.07, 6.45) is 0.935. The van der Waals surface area contributed by atoms with Gasteiger partial charge in [0, 0.05) is 29.0 Å². The van der Waals surface area contributed by atoms with E-state index in [9.17, 15) is 4.79 Å². The fraction of sp³-hybridized carbons (Fsp3) is 0.364. The molecular formula is C11H12BrNO2. The molecule has 1 aliphatic heterocycles. The van der Waals surface area contributed by atoms with Gasteiger partial charge in [-0.1, -0.05) is 15.9 Å². The van der Waals surface area contributed by atoms with Gasteiger partial charge < -0.3 is 10.4 Å². The summed E-state index contributed by atoms with van der Waals surface area (Å²) in [6.45, 7) is 0.846. The minimum absolute atomic E-state index is 0.234. The summed E-state index contributed by atoms with van der Waals surface area (Å²) < 4.78 is 1.05. The molecule has 0 spiro atoms. The standard InChI is InChI=1S/C11H12BrNO2/c12-8-2-3-10-9(5-8)7(6-13-10)1-4-11(14)15/h2-3,5,7,13H,1,4,6H2,(H,14,15). The average molecular weight is 270 g/mol. The molecule has 0 amide bonds. The van der Waals surface area contributed by atoms with Crippen LogP contribution < -0.4 is 5.32 Å². The van der Waals surface area contributed by atoms with Crippen LogP contribution >= 0.6 is 15.9 Å². The molecule has 4 heteroatoms. The molecule has 1 aliphatic rings. The van der Waals surface area contributed by atoms with E-state index in [-0.39, 0.29) is 6.42 Å². The SMILES string of the molecule is O=C(O)CCC1CNc2ccc(Br)cc21. The quantitative estimate of drug-likeness (QED) is 0.887. The lowest BCUT2D eigenvalue weighted by atomic mass is 9.96. The summed E-state index contributed by atoms with van der Waals surface area (Å²) in [5.41, 5.74) is 2.36. The molecule has 2 rings (SSSR count). The lowest BCUT2D eigenvalue weighted by Crippen LogP contribution is -2.05. The summed E-state index contributed by atoms with van der Waals surface area (Å²) in [6, 6.07) is 6.09. The molecule has 1 aromatic rings. The second-order valence-electron chi connectivity index (χ2n) is 3.74. The third-order valence-corrected chi connectivity index (χ3v) is 3.19. The van der Waals surface area contributed by atoms with Crippen molar-refractivity contribution in [1.82, 2.24) is 0 Å². The van der Waals surface area contributed by atoms with Gasteiger partial charge in [-0.15, -0.1) is 0 Å². The molecule has 1 aromatic carbocycles. The second kappa shape index (κ2) is 4.23. The van der Waals surface area contributed by atoms with E-state index >= 15 is 0 Å². The summed E-state index contributed by atoms with van der Waals surface area (Å²) in [4.78, 5) is 10.5. The van der Waals surface area contributed by atoms with Crippen molar-refractivity contribution in [2.75, 3.05) is 11.9 Å². The van der Waals surface area contributed by atoms with E-state index in [1.54, 1.807) is 0 Å². The predicted molar refractivity (Wildman–Crippen MR) is 62.2 cm³/mol. The summed E-state index contributed by atoms with van der Waals surface area (Å²) in [7, 11) is 0. The van der Waals surface area contributed by atoms with Crippen molar-refractivity contribution in [3.05, 3.63) is 28.2 Å². The lowest BCUT2D eigenvalue weighted by Gasteiger charge is -2.08. The van der Waals surface area contributed by atoms with Crippen LogP contribution in [0.4, 0.5) is 5.69 Å². The molecule has 0 aliphatic carbocycles. The van der Waals surface area contributed by atoms with Crippen molar-refractivity contribution in [2.45, 2.75) is 18.8 Å². The molecule has 3 nitrogen and oxygen atoms in total. The molecule has 0 saturated heterocycles. The highest BCUT2D eigenvalue weighted by molar-refractivity contribution is 9.10. The van der Waals surface area contributed by atoms with Crippen LogP contribution in [0, 0.1) is 0 Å². The van der Waals surface area contributed by atoms with Gasteiger partial charge in [-0.05, 0) is 30.2 Å². The number of rotatable bonds is 3. The topological polar surface area (TPSA) is 49.3 Å². The van der Waals surface area contributed by atoms with E-state index in [0.29, 0.717) is 12.3 Å². The van der Waals surface area contributed by atoms with Gasteiger partial charge in [0.2, 0.25) is 0 Å². The Kier molecular flexibility index (Phi) is 2.95. The summed E-state index contributed by atoms with van der Waals surface area (Å²) >= 11 is 3.43. The van der Waals surface area contributed by atoms with Crippen LogP contribution in [0.2, 0.25) is 0 Å². The van der Waals surface area contributed by atoms with E-state index in [4.69, 9.17) is 5.11 Å². The minimum Gasteiger partial charge on any atom is -0.481 e. The molecule has 0 bridgehead atoms. The Labute approximate surface area is 96.6 Å². The molecule has 1 heterocycles. The van der Waals surface area contributed by atoms with E-state index in [0.717, 1.165) is 16.7 Å². The average Bonchev–Trinajstić information content (AvgIpc) is 2.57. The molecule has 0 saturated carbocycles. The van der Waals surface area contributed by atoms with E-state index in [1.165, 1.54) is 5.56 Å². The number of halogens is 1. The molecule has 80 valence electrons. The third kappa shape index (κ3) is 2.31. The van der Waals surface area contributed by atoms with Crippen molar-refractivity contribution < 1.29 is 9.90 Å². The Balaban J connectivity index is 2.13. The molecule has 0 radical (unpaired) electrons. The number of hydrogen-bond donors (Lipinski definition) is 2. The minimum atomic E-state index is -0.724. The second-order valence-corrected chi connectivity index (χ2v) is 4.66. The van der Waals surface area contributed by atoms with Crippen LogP contribution in [0.1, 0.15) is 24.3 Å². The highest BCUT2D eigenvalue weighted by Crippen LogP contribution is 2.35. The third-order valence-electron chi connectivity index (χ3n) is 2.70. The Morgan fingerprint density at radius 2 is 2.40 bits per heavy atom. The number of carboxylic acid groups (broad SMARTS) is 1. The first kappa shape index (κ1) is 10.5. The predicted octanol–water partition coefficient (Wildman–Crippen LogP) is 2.82. The number of anilines is 1. The van der Waals surface area contributed by atoms with Gasteiger partial charge in [-0.2, -0.15) is 0 Å². The zero-order valence-corrected chi connectivity index (χ0v) is 9.75.